The van der Waals surface area contributed by atoms with Gasteiger partial charge >= 0.3 is 0 Å². The lowest BCUT2D eigenvalue weighted by Crippen LogP contribution is -2.09. The van der Waals surface area contributed by atoms with Gasteiger partial charge in [-0.05, 0) is 40.2 Å². The molecule has 1 aromatic carbocycles. The first-order valence-corrected chi connectivity index (χ1v) is 6.62. The maximum absolute atomic E-state index is 13.8. The summed E-state index contributed by atoms with van der Waals surface area (Å²) in [5.41, 5.74) is 6.07. The Kier molecular flexibility index (Phi) is 4.57. The predicted octanol–water partition coefficient (Wildman–Crippen LogP) is 3.01. The van der Waals surface area contributed by atoms with Crippen LogP contribution in [0.5, 0.6) is 0 Å². The number of carbonyl (C=O) groups excluding carboxylic acids is 1. The zero-order valence-electron chi connectivity index (χ0n) is 10.4. The van der Waals surface area contributed by atoms with E-state index in [9.17, 15) is 13.6 Å². The van der Waals surface area contributed by atoms with Gasteiger partial charge < -0.3 is 5.73 Å². The molecule has 0 saturated heterocycles. The summed E-state index contributed by atoms with van der Waals surface area (Å²) in [6.45, 7) is 0.195. The second-order valence-corrected chi connectivity index (χ2v) is 5.02. The van der Waals surface area contributed by atoms with Crippen molar-refractivity contribution in [1.29, 1.82) is 0 Å². The lowest BCUT2D eigenvalue weighted by molar-refractivity contribution is 0.0990. The fraction of sp³-hybridized carbons (Fsp3) is 0.143. The summed E-state index contributed by atoms with van der Waals surface area (Å²) in [5.74, 6) is -1.89. The van der Waals surface area contributed by atoms with E-state index < -0.39 is 17.4 Å². The van der Waals surface area contributed by atoms with Crippen LogP contribution in [-0.2, 0) is 13.0 Å². The number of ketones is 1. The molecular weight excluding hydrogens is 330 g/mol. The lowest BCUT2D eigenvalue weighted by atomic mass is 10.0. The van der Waals surface area contributed by atoms with E-state index in [1.54, 1.807) is 0 Å². The minimum Gasteiger partial charge on any atom is -0.325 e. The first-order chi connectivity index (χ1) is 9.52. The van der Waals surface area contributed by atoms with Gasteiger partial charge in [0.05, 0.1) is 10.2 Å². The molecule has 0 atom stereocenters. The van der Waals surface area contributed by atoms with Crippen molar-refractivity contribution in [3.63, 3.8) is 0 Å². The van der Waals surface area contributed by atoms with Crippen LogP contribution in [0.4, 0.5) is 8.78 Å². The van der Waals surface area contributed by atoms with Gasteiger partial charge in [0.2, 0.25) is 0 Å². The smallest absolute Gasteiger partial charge is 0.167 e. The number of pyridine rings is 1. The van der Waals surface area contributed by atoms with Gasteiger partial charge in [0.1, 0.15) is 11.6 Å². The maximum atomic E-state index is 13.8. The summed E-state index contributed by atoms with van der Waals surface area (Å²) in [6.07, 6.45) is 1.09. The Morgan fingerprint density at radius 3 is 2.75 bits per heavy atom. The van der Waals surface area contributed by atoms with Crippen LogP contribution in [0.15, 0.2) is 34.9 Å². The Morgan fingerprint density at radius 2 is 2.05 bits per heavy atom. The first kappa shape index (κ1) is 14.7. The highest BCUT2D eigenvalue weighted by atomic mass is 79.9. The van der Waals surface area contributed by atoms with Crippen molar-refractivity contribution < 1.29 is 13.6 Å². The van der Waals surface area contributed by atoms with E-state index in [4.69, 9.17) is 5.73 Å². The largest absolute Gasteiger partial charge is 0.325 e. The third kappa shape index (κ3) is 3.08. The van der Waals surface area contributed by atoms with E-state index in [1.807, 2.05) is 0 Å². The third-order valence-electron chi connectivity index (χ3n) is 2.82. The van der Waals surface area contributed by atoms with Crippen molar-refractivity contribution in [2.24, 2.45) is 5.73 Å². The van der Waals surface area contributed by atoms with Crippen molar-refractivity contribution in [2.45, 2.75) is 13.0 Å². The Balaban J connectivity index is 2.30. The van der Waals surface area contributed by atoms with Crippen LogP contribution in [-0.4, -0.2) is 10.8 Å². The Bertz CT molecular complexity index is 662. The Morgan fingerprint density at radius 1 is 1.30 bits per heavy atom. The van der Waals surface area contributed by atoms with Crippen LogP contribution >= 0.6 is 15.9 Å². The van der Waals surface area contributed by atoms with Gasteiger partial charge in [-0.1, -0.05) is 0 Å². The number of hydrogen-bond donors (Lipinski definition) is 1. The highest BCUT2D eigenvalue weighted by Gasteiger charge is 2.17. The number of nitrogens with two attached hydrogens (primary N) is 1. The fourth-order valence-corrected chi connectivity index (χ4v) is 2.13. The van der Waals surface area contributed by atoms with Crippen LogP contribution in [0.25, 0.3) is 0 Å². The van der Waals surface area contributed by atoms with Gasteiger partial charge in [0.25, 0.3) is 0 Å². The molecule has 6 heteroatoms. The molecule has 0 radical (unpaired) electrons. The molecular formula is C14H11BrF2N2O. The monoisotopic (exact) mass is 340 g/mol. The van der Waals surface area contributed by atoms with Gasteiger partial charge in [-0.2, -0.15) is 0 Å². The van der Waals surface area contributed by atoms with E-state index in [0.29, 0.717) is 11.3 Å². The fourth-order valence-electron chi connectivity index (χ4n) is 1.76. The molecule has 0 aliphatic carbocycles. The molecule has 104 valence electrons. The second-order valence-electron chi connectivity index (χ2n) is 4.16. The van der Waals surface area contributed by atoms with Crippen molar-refractivity contribution in [1.82, 2.24) is 4.98 Å². The van der Waals surface area contributed by atoms with E-state index in [1.165, 1.54) is 24.4 Å². The molecule has 0 aliphatic rings. The number of aromatic nitrogens is 1. The zero-order valence-corrected chi connectivity index (χ0v) is 12.0. The van der Waals surface area contributed by atoms with Gasteiger partial charge in [-0.25, -0.2) is 8.78 Å². The average molecular weight is 341 g/mol. The Hall–Kier alpha value is -1.66. The van der Waals surface area contributed by atoms with Crippen molar-refractivity contribution in [3.8, 4) is 0 Å². The molecule has 0 saturated carbocycles. The standard InChI is InChI=1S/C14H11BrF2N2O/c15-11-1-2-12(16)10(14(11)17)6-13(20)8-3-4-19-9(5-8)7-18/h1-5H,6-7,18H2. The van der Waals surface area contributed by atoms with E-state index >= 15 is 0 Å². The van der Waals surface area contributed by atoms with Crippen molar-refractivity contribution in [2.75, 3.05) is 0 Å². The van der Waals surface area contributed by atoms with Crippen LogP contribution < -0.4 is 5.73 Å². The molecule has 2 rings (SSSR count). The molecule has 20 heavy (non-hydrogen) atoms. The topological polar surface area (TPSA) is 56.0 Å². The number of nitrogens with zero attached hydrogens (tertiary/aromatic N) is 1. The van der Waals surface area contributed by atoms with Gasteiger partial charge in [0, 0.05) is 30.3 Å². The van der Waals surface area contributed by atoms with Crippen LogP contribution in [0.3, 0.4) is 0 Å². The zero-order chi connectivity index (χ0) is 14.7. The van der Waals surface area contributed by atoms with Gasteiger partial charge in [0.15, 0.2) is 5.78 Å². The molecule has 2 N–H and O–H groups in total. The van der Waals surface area contributed by atoms with E-state index in [-0.39, 0.29) is 23.0 Å². The highest BCUT2D eigenvalue weighted by Crippen LogP contribution is 2.23. The van der Waals surface area contributed by atoms with E-state index in [0.717, 1.165) is 6.07 Å². The maximum Gasteiger partial charge on any atom is 0.167 e. The lowest BCUT2D eigenvalue weighted by Gasteiger charge is -2.07. The number of rotatable bonds is 4. The molecule has 3 nitrogen and oxygen atoms in total. The molecule has 0 unspecified atom stereocenters. The summed E-state index contributed by atoms with van der Waals surface area (Å²) < 4.78 is 27.5. The number of hydrogen-bond acceptors (Lipinski definition) is 3. The van der Waals surface area contributed by atoms with Gasteiger partial charge in [-0.3, -0.25) is 9.78 Å². The predicted molar refractivity (Wildman–Crippen MR) is 74.2 cm³/mol. The molecule has 1 heterocycles. The van der Waals surface area contributed by atoms with Crippen LogP contribution in [0.1, 0.15) is 21.6 Å². The van der Waals surface area contributed by atoms with Crippen molar-refractivity contribution >= 4 is 21.7 Å². The normalized spacial score (nSPS) is 10.6. The molecule has 0 bridgehead atoms. The number of carbonyl (C=O) groups is 1. The third-order valence-corrected chi connectivity index (χ3v) is 3.44. The second kappa shape index (κ2) is 6.19. The van der Waals surface area contributed by atoms with Crippen molar-refractivity contribution in [3.05, 3.63) is 63.4 Å². The Labute approximate surface area is 123 Å². The summed E-state index contributed by atoms with van der Waals surface area (Å²) in [6, 6.07) is 5.40. The summed E-state index contributed by atoms with van der Waals surface area (Å²) >= 11 is 2.97. The number of halogens is 3. The van der Waals surface area contributed by atoms with Crippen LogP contribution in [0, 0.1) is 11.6 Å². The molecule has 0 fully saturated rings. The minimum atomic E-state index is -0.758. The molecule has 1 aromatic heterocycles. The molecule has 0 aliphatic heterocycles. The number of benzene rings is 1. The SMILES string of the molecule is NCc1cc(C(=O)Cc2c(F)ccc(Br)c2F)ccn1. The molecule has 0 amide bonds. The number of Topliss-reactive ketones (excluding diaryl/α,β-unsaturated/α-hetero) is 1. The summed E-state index contributed by atoms with van der Waals surface area (Å²) in [4.78, 5) is 16.0. The first-order valence-electron chi connectivity index (χ1n) is 5.83. The quantitative estimate of drug-likeness (QED) is 0.687. The molecule has 0 spiro atoms. The van der Waals surface area contributed by atoms with Crippen LogP contribution in [0.2, 0.25) is 0 Å². The summed E-state index contributed by atoms with van der Waals surface area (Å²) in [5, 5.41) is 0. The molecule has 2 aromatic rings. The highest BCUT2D eigenvalue weighted by molar-refractivity contribution is 9.10. The van der Waals surface area contributed by atoms with Gasteiger partial charge in [-0.15, -0.1) is 0 Å². The van der Waals surface area contributed by atoms with E-state index in [2.05, 4.69) is 20.9 Å². The minimum absolute atomic E-state index is 0.124. The average Bonchev–Trinajstić information content (AvgIpc) is 2.47. The summed E-state index contributed by atoms with van der Waals surface area (Å²) in [7, 11) is 0.